The molecule has 3 rings (SSSR count). The molecule has 1 amide bonds. The third-order valence-electron chi connectivity index (χ3n) is 3.94. The number of anilines is 1. The summed E-state index contributed by atoms with van der Waals surface area (Å²) in [5.74, 6) is -0.418. The van der Waals surface area contributed by atoms with E-state index in [1.807, 2.05) is 6.92 Å². The smallest absolute Gasteiger partial charge is 0.363 e. The van der Waals surface area contributed by atoms with E-state index in [1.165, 1.54) is 12.1 Å². The van der Waals surface area contributed by atoms with Gasteiger partial charge in [-0.05, 0) is 48.9 Å². The maximum absolute atomic E-state index is 12.6. The van der Waals surface area contributed by atoms with E-state index in [4.69, 9.17) is 9.57 Å². The molecule has 27 heavy (non-hydrogen) atoms. The van der Waals surface area contributed by atoms with Crippen molar-refractivity contribution >= 4 is 17.3 Å². The number of ether oxygens (including phenoxy) is 1. The van der Waals surface area contributed by atoms with Crippen LogP contribution < -0.4 is 5.32 Å². The number of hydrogen-bond acceptors (Lipinski definition) is 4. The Kier molecular flexibility index (Phi) is 5.46. The molecule has 0 bridgehead atoms. The van der Waals surface area contributed by atoms with Crippen molar-refractivity contribution in [3.05, 3.63) is 65.2 Å². The molecule has 142 valence electrons. The van der Waals surface area contributed by atoms with Crippen LogP contribution in [0.2, 0.25) is 0 Å². The minimum absolute atomic E-state index is 0.283. The van der Waals surface area contributed by atoms with Crippen molar-refractivity contribution in [1.82, 2.24) is 0 Å². The number of benzene rings is 2. The first-order valence-corrected chi connectivity index (χ1v) is 8.30. The monoisotopic (exact) mass is 378 g/mol. The lowest BCUT2D eigenvalue weighted by molar-refractivity contribution is -0.137. The Morgan fingerprint density at radius 3 is 2.44 bits per heavy atom. The van der Waals surface area contributed by atoms with Crippen LogP contribution in [0.5, 0.6) is 0 Å². The van der Waals surface area contributed by atoms with Crippen molar-refractivity contribution in [2.24, 2.45) is 5.16 Å². The largest absolute Gasteiger partial charge is 0.416 e. The lowest BCUT2D eigenvalue weighted by Gasteiger charge is -2.09. The molecule has 0 saturated heterocycles. The molecule has 2 aromatic rings. The highest BCUT2D eigenvalue weighted by atomic mass is 19.4. The third kappa shape index (κ3) is 4.65. The SMILES string of the molecule is CCOC1CC(c2ccc(C(=O)Nc3ccc(C(F)(F)F)cc3)cc2)=NO1. The number of halogens is 3. The van der Waals surface area contributed by atoms with Gasteiger partial charge in [-0.1, -0.05) is 17.3 Å². The Morgan fingerprint density at radius 2 is 1.85 bits per heavy atom. The van der Waals surface area contributed by atoms with Gasteiger partial charge in [-0.2, -0.15) is 13.2 Å². The fraction of sp³-hybridized carbons (Fsp3) is 0.263. The van der Waals surface area contributed by atoms with E-state index < -0.39 is 23.9 Å². The molecule has 2 aromatic carbocycles. The lowest BCUT2D eigenvalue weighted by atomic mass is 10.0. The average Bonchev–Trinajstić information content (AvgIpc) is 3.10. The molecule has 0 spiro atoms. The first-order chi connectivity index (χ1) is 12.9. The maximum Gasteiger partial charge on any atom is 0.416 e. The Morgan fingerprint density at radius 1 is 1.19 bits per heavy atom. The number of nitrogens with zero attached hydrogens (tertiary/aromatic N) is 1. The molecular formula is C19H17F3N2O3. The van der Waals surface area contributed by atoms with E-state index in [-0.39, 0.29) is 5.69 Å². The lowest BCUT2D eigenvalue weighted by Crippen LogP contribution is -2.14. The standard InChI is InChI=1S/C19H17F3N2O3/c1-2-26-17-11-16(24-27-17)12-3-5-13(6-4-12)18(25)23-15-9-7-14(8-10-15)19(20,21)22/h3-10,17H,2,11H2,1H3,(H,23,25). The fourth-order valence-corrected chi connectivity index (χ4v) is 2.56. The second-order valence-corrected chi connectivity index (χ2v) is 5.84. The second kappa shape index (κ2) is 7.79. The molecular weight excluding hydrogens is 361 g/mol. The summed E-state index contributed by atoms with van der Waals surface area (Å²) in [6.07, 6.45) is -4.29. The van der Waals surface area contributed by atoms with Crippen molar-refractivity contribution in [2.45, 2.75) is 25.8 Å². The van der Waals surface area contributed by atoms with E-state index in [9.17, 15) is 18.0 Å². The number of amides is 1. The Bertz CT molecular complexity index is 831. The van der Waals surface area contributed by atoms with Crippen molar-refractivity contribution in [3.8, 4) is 0 Å². The van der Waals surface area contributed by atoms with Gasteiger partial charge in [-0.15, -0.1) is 0 Å². The summed E-state index contributed by atoms with van der Waals surface area (Å²) in [6, 6.07) is 11.0. The van der Waals surface area contributed by atoms with Crippen LogP contribution in [0.3, 0.4) is 0 Å². The number of alkyl halides is 3. The number of rotatable bonds is 5. The quantitative estimate of drug-likeness (QED) is 0.837. The molecule has 0 aliphatic carbocycles. The number of hydrogen-bond donors (Lipinski definition) is 1. The highest BCUT2D eigenvalue weighted by molar-refractivity contribution is 6.06. The molecule has 5 nitrogen and oxygen atoms in total. The van der Waals surface area contributed by atoms with Crippen molar-refractivity contribution in [1.29, 1.82) is 0 Å². The molecule has 0 fully saturated rings. The van der Waals surface area contributed by atoms with Crippen LogP contribution in [0, 0.1) is 0 Å². The summed E-state index contributed by atoms with van der Waals surface area (Å²) >= 11 is 0. The van der Waals surface area contributed by atoms with Gasteiger partial charge in [0, 0.05) is 17.9 Å². The van der Waals surface area contributed by atoms with Crippen molar-refractivity contribution < 1.29 is 27.5 Å². The van der Waals surface area contributed by atoms with Crippen LogP contribution in [-0.4, -0.2) is 24.5 Å². The van der Waals surface area contributed by atoms with Crippen LogP contribution >= 0.6 is 0 Å². The summed E-state index contributed by atoms with van der Waals surface area (Å²) in [6.45, 7) is 2.39. The van der Waals surface area contributed by atoms with Crippen LogP contribution in [0.1, 0.15) is 34.8 Å². The molecule has 1 heterocycles. The second-order valence-electron chi connectivity index (χ2n) is 5.84. The third-order valence-corrected chi connectivity index (χ3v) is 3.94. The maximum atomic E-state index is 12.6. The Labute approximate surface area is 153 Å². The Hall–Kier alpha value is -2.87. The Balaban J connectivity index is 1.63. The summed E-state index contributed by atoms with van der Waals surface area (Å²) < 4.78 is 43.0. The average molecular weight is 378 g/mol. The van der Waals surface area contributed by atoms with Gasteiger partial charge in [0.1, 0.15) is 0 Å². The van der Waals surface area contributed by atoms with E-state index in [0.717, 1.165) is 23.4 Å². The predicted octanol–water partition coefficient (Wildman–Crippen LogP) is 4.44. The molecule has 1 atom stereocenters. The molecule has 1 unspecified atom stereocenters. The van der Waals surface area contributed by atoms with Gasteiger partial charge >= 0.3 is 6.18 Å². The van der Waals surface area contributed by atoms with Gasteiger partial charge in [0.15, 0.2) is 0 Å². The van der Waals surface area contributed by atoms with Crippen LogP contribution in [0.25, 0.3) is 0 Å². The summed E-state index contributed by atoms with van der Waals surface area (Å²) in [4.78, 5) is 17.4. The molecule has 8 heteroatoms. The van der Waals surface area contributed by atoms with E-state index in [1.54, 1.807) is 24.3 Å². The van der Waals surface area contributed by atoms with Gasteiger partial charge < -0.3 is 14.9 Å². The molecule has 1 aliphatic heterocycles. The number of nitrogens with one attached hydrogen (secondary N) is 1. The summed E-state index contributed by atoms with van der Waals surface area (Å²) in [7, 11) is 0. The first-order valence-electron chi connectivity index (χ1n) is 8.30. The van der Waals surface area contributed by atoms with Crippen LogP contribution in [0.15, 0.2) is 53.7 Å². The number of oxime groups is 1. The molecule has 0 radical (unpaired) electrons. The van der Waals surface area contributed by atoms with Gasteiger partial charge in [0.05, 0.1) is 17.7 Å². The minimum atomic E-state index is -4.41. The van der Waals surface area contributed by atoms with Gasteiger partial charge in [0.25, 0.3) is 5.91 Å². The van der Waals surface area contributed by atoms with Crippen LogP contribution in [0.4, 0.5) is 18.9 Å². The molecule has 1 aliphatic rings. The number of carbonyl (C=O) groups excluding carboxylic acids is 1. The van der Waals surface area contributed by atoms with Gasteiger partial charge in [-0.25, -0.2) is 0 Å². The molecule has 1 N–H and O–H groups in total. The van der Waals surface area contributed by atoms with E-state index in [0.29, 0.717) is 18.6 Å². The highest BCUT2D eigenvalue weighted by Crippen LogP contribution is 2.29. The minimum Gasteiger partial charge on any atom is -0.363 e. The zero-order chi connectivity index (χ0) is 19.4. The normalized spacial score (nSPS) is 16.6. The van der Waals surface area contributed by atoms with Gasteiger partial charge in [-0.3, -0.25) is 4.79 Å². The zero-order valence-corrected chi connectivity index (χ0v) is 14.4. The van der Waals surface area contributed by atoms with Crippen LogP contribution in [-0.2, 0) is 15.8 Å². The van der Waals surface area contributed by atoms with Gasteiger partial charge in [0.2, 0.25) is 6.29 Å². The molecule has 0 aromatic heterocycles. The predicted molar refractivity (Wildman–Crippen MR) is 93.5 cm³/mol. The first kappa shape index (κ1) is 18.9. The summed E-state index contributed by atoms with van der Waals surface area (Å²) in [5, 5.41) is 6.54. The molecule has 0 saturated carbocycles. The van der Waals surface area contributed by atoms with E-state index >= 15 is 0 Å². The van der Waals surface area contributed by atoms with Crippen molar-refractivity contribution in [3.63, 3.8) is 0 Å². The zero-order valence-electron chi connectivity index (χ0n) is 14.4. The number of carbonyl (C=O) groups is 1. The summed E-state index contributed by atoms with van der Waals surface area (Å²) in [5.41, 5.74) is 1.42. The fourth-order valence-electron chi connectivity index (χ4n) is 2.56. The topological polar surface area (TPSA) is 59.9 Å². The van der Waals surface area contributed by atoms with E-state index in [2.05, 4.69) is 10.5 Å². The van der Waals surface area contributed by atoms with Crippen molar-refractivity contribution in [2.75, 3.05) is 11.9 Å². The highest BCUT2D eigenvalue weighted by Gasteiger charge is 2.30.